The largest absolute Gasteiger partial charge is 0.472 e. The van der Waals surface area contributed by atoms with Crippen molar-refractivity contribution < 1.29 is 24.6 Å². The van der Waals surface area contributed by atoms with E-state index >= 15 is 0 Å². The van der Waals surface area contributed by atoms with Crippen molar-refractivity contribution >= 4 is 23.2 Å². The third-order valence-corrected chi connectivity index (χ3v) is 5.58. The van der Waals surface area contributed by atoms with E-state index < -0.39 is 5.60 Å². The molecule has 1 unspecified atom stereocenters. The van der Waals surface area contributed by atoms with Crippen molar-refractivity contribution in [2.75, 3.05) is 21.3 Å². The monoisotopic (exact) mass is 499 g/mol. The Morgan fingerprint density at radius 2 is 1.77 bits per heavy atom. The summed E-state index contributed by atoms with van der Waals surface area (Å²) in [5, 5.41) is 25.0. The maximum Gasteiger partial charge on any atom is 0.273 e. The SMILES string of the molecule is CCC(O)(c1ccccc1)c1cnc(OCc2ccccc2/C(=N/OC)C(=O)NC)c(Cl)c1.CO. The summed E-state index contributed by atoms with van der Waals surface area (Å²) in [7, 11) is 3.89. The number of likely N-dealkylation sites (N-methyl/N-ethyl adjacent to an activating group) is 1. The molecule has 8 nitrogen and oxygen atoms in total. The molecule has 0 aliphatic heterocycles. The van der Waals surface area contributed by atoms with E-state index in [1.54, 1.807) is 24.4 Å². The topological polar surface area (TPSA) is 113 Å². The van der Waals surface area contributed by atoms with Gasteiger partial charge < -0.3 is 25.1 Å². The van der Waals surface area contributed by atoms with Crippen LogP contribution in [0.25, 0.3) is 0 Å². The average molecular weight is 500 g/mol. The maximum absolute atomic E-state index is 12.2. The number of oxime groups is 1. The van der Waals surface area contributed by atoms with Crippen LogP contribution >= 0.6 is 11.6 Å². The molecule has 3 rings (SSSR count). The average Bonchev–Trinajstić information content (AvgIpc) is 2.92. The van der Waals surface area contributed by atoms with E-state index in [1.165, 1.54) is 14.2 Å². The van der Waals surface area contributed by atoms with Gasteiger partial charge in [-0.05, 0) is 23.6 Å². The molecule has 0 saturated heterocycles. The Labute approximate surface area is 210 Å². The van der Waals surface area contributed by atoms with E-state index in [-0.39, 0.29) is 29.1 Å². The van der Waals surface area contributed by atoms with Crippen LogP contribution < -0.4 is 10.1 Å². The van der Waals surface area contributed by atoms with E-state index in [0.717, 1.165) is 12.7 Å². The van der Waals surface area contributed by atoms with Crippen molar-refractivity contribution in [3.63, 3.8) is 0 Å². The van der Waals surface area contributed by atoms with E-state index in [9.17, 15) is 9.90 Å². The second-order valence-corrected chi connectivity index (χ2v) is 7.65. The molecule has 2 aromatic carbocycles. The zero-order chi connectivity index (χ0) is 25.8. The second-order valence-electron chi connectivity index (χ2n) is 7.24. The molecule has 0 aliphatic carbocycles. The van der Waals surface area contributed by atoms with Crippen LogP contribution in [-0.4, -0.2) is 48.1 Å². The molecule has 3 N–H and O–H groups in total. The van der Waals surface area contributed by atoms with Crippen LogP contribution in [0.15, 0.2) is 72.0 Å². The summed E-state index contributed by atoms with van der Waals surface area (Å²) in [6.07, 6.45) is 2.01. The molecular weight excluding hydrogens is 470 g/mol. The Kier molecular flexibility index (Phi) is 10.7. The highest BCUT2D eigenvalue weighted by Gasteiger charge is 2.30. The summed E-state index contributed by atoms with van der Waals surface area (Å²) >= 11 is 6.46. The lowest BCUT2D eigenvalue weighted by Gasteiger charge is -2.28. The number of rotatable bonds is 9. The molecule has 1 amide bonds. The van der Waals surface area contributed by atoms with Gasteiger partial charge >= 0.3 is 0 Å². The third-order valence-electron chi connectivity index (χ3n) is 5.31. The Bertz CT molecular complexity index is 1140. The fourth-order valence-electron chi connectivity index (χ4n) is 3.49. The highest BCUT2D eigenvalue weighted by Crippen LogP contribution is 2.35. The van der Waals surface area contributed by atoms with Crippen LogP contribution in [0, 0.1) is 0 Å². The summed E-state index contributed by atoms with van der Waals surface area (Å²) < 4.78 is 5.86. The number of halogens is 1. The van der Waals surface area contributed by atoms with Crippen LogP contribution in [0.5, 0.6) is 5.88 Å². The molecule has 1 heterocycles. The normalized spacial score (nSPS) is 12.6. The number of hydrogen-bond donors (Lipinski definition) is 3. The van der Waals surface area contributed by atoms with E-state index in [0.29, 0.717) is 23.1 Å². The van der Waals surface area contributed by atoms with Gasteiger partial charge in [0.25, 0.3) is 5.91 Å². The quantitative estimate of drug-likeness (QED) is 0.306. The fourth-order valence-corrected chi connectivity index (χ4v) is 3.71. The van der Waals surface area contributed by atoms with Gasteiger partial charge in [0.15, 0.2) is 5.71 Å². The van der Waals surface area contributed by atoms with Crippen molar-refractivity contribution in [3.8, 4) is 5.88 Å². The van der Waals surface area contributed by atoms with Gasteiger partial charge in [0.1, 0.15) is 24.3 Å². The van der Waals surface area contributed by atoms with Gasteiger partial charge in [-0.1, -0.05) is 78.3 Å². The molecule has 1 atom stereocenters. The molecule has 186 valence electrons. The summed E-state index contributed by atoms with van der Waals surface area (Å²) in [6, 6.07) is 18.2. The second kappa shape index (κ2) is 13.4. The molecule has 0 fully saturated rings. The maximum atomic E-state index is 12.2. The van der Waals surface area contributed by atoms with Gasteiger partial charge in [0, 0.05) is 31.5 Å². The van der Waals surface area contributed by atoms with Gasteiger partial charge in [-0.25, -0.2) is 4.98 Å². The molecule has 0 aliphatic rings. The molecule has 0 radical (unpaired) electrons. The van der Waals surface area contributed by atoms with E-state index in [1.807, 2.05) is 49.4 Å². The molecule has 35 heavy (non-hydrogen) atoms. The van der Waals surface area contributed by atoms with Crippen LogP contribution in [0.2, 0.25) is 5.02 Å². The van der Waals surface area contributed by atoms with Gasteiger partial charge in [0.05, 0.1) is 0 Å². The molecule has 1 aromatic heterocycles. The standard InChI is InChI=1S/C25H26ClN3O4.CH4O/c1-4-25(31,18-11-6-5-7-12-18)19-14-21(26)24(28-15-19)33-16-17-10-8-9-13-20(17)22(29-32-3)23(30)27-2;1-2/h5-15,31H,4,16H2,1-3H3,(H,27,30);2H,1H3/b29-22-;. The number of hydrogen-bond acceptors (Lipinski definition) is 7. The first-order valence-electron chi connectivity index (χ1n) is 10.9. The van der Waals surface area contributed by atoms with Crippen LogP contribution in [0.1, 0.15) is 35.6 Å². The Balaban J connectivity index is 0.00000210. The first-order chi connectivity index (χ1) is 16.9. The number of pyridine rings is 1. The number of aliphatic hydroxyl groups excluding tert-OH is 1. The van der Waals surface area contributed by atoms with Gasteiger partial charge in [-0.15, -0.1) is 0 Å². The minimum absolute atomic E-state index is 0.0959. The van der Waals surface area contributed by atoms with E-state index in [2.05, 4.69) is 15.5 Å². The fraction of sp³-hybridized carbons (Fsp3) is 0.269. The number of nitrogens with zero attached hydrogens (tertiary/aromatic N) is 2. The minimum atomic E-state index is -1.22. The van der Waals surface area contributed by atoms with Crippen molar-refractivity contribution in [2.45, 2.75) is 25.6 Å². The predicted molar refractivity (Wildman–Crippen MR) is 136 cm³/mol. The number of nitrogens with one attached hydrogen (secondary N) is 1. The number of ether oxygens (including phenoxy) is 1. The Morgan fingerprint density at radius 1 is 1.11 bits per heavy atom. The summed E-state index contributed by atoms with van der Waals surface area (Å²) in [4.78, 5) is 21.4. The smallest absolute Gasteiger partial charge is 0.273 e. The van der Waals surface area contributed by atoms with Crippen LogP contribution in [0.4, 0.5) is 0 Å². The van der Waals surface area contributed by atoms with Gasteiger partial charge in [-0.3, -0.25) is 4.79 Å². The van der Waals surface area contributed by atoms with Crippen molar-refractivity contribution in [3.05, 3.63) is 94.1 Å². The Hall–Kier alpha value is -3.46. The zero-order valence-electron chi connectivity index (χ0n) is 20.2. The van der Waals surface area contributed by atoms with Gasteiger partial charge in [-0.2, -0.15) is 0 Å². The number of benzene rings is 2. The highest BCUT2D eigenvalue weighted by molar-refractivity contribution is 6.45. The lowest BCUT2D eigenvalue weighted by Crippen LogP contribution is -2.29. The van der Waals surface area contributed by atoms with Crippen molar-refractivity contribution in [1.29, 1.82) is 0 Å². The number of aromatic nitrogens is 1. The van der Waals surface area contributed by atoms with Crippen molar-refractivity contribution in [2.24, 2.45) is 5.16 Å². The molecule has 0 bridgehead atoms. The summed E-state index contributed by atoms with van der Waals surface area (Å²) in [6.45, 7) is 1.99. The van der Waals surface area contributed by atoms with Crippen LogP contribution in [0.3, 0.4) is 0 Å². The lowest BCUT2D eigenvalue weighted by atomic mass is 9.85. The molecular formula is C26H30ClN3O5. The minimum Gasteiger partial charge on any atom is -0.472 e. The first kappa shape index (κ1) is 27.8. The third kappa shape index (κ3) is 6.57. The molecule has 9 heteroatoms. The zero-order valence-corrected chi connectivity index (χ0v) is 20.9. The number of carbonyl (C=O) groups is 1. The number of amides is 1. The van der Waals surface area contributed by atoms with E-state index in [4.69, 9.17) is 26.3 Å². The number of aliphatic hydroxyl groups is 2. The van der Waals surface area contributed by atoms with Crippen LogP contribution in [-0.2, 0) is 21.8 Å². The van der Waals surface area contributed by atoms with Crippen molar-refractivity contribution in [1.82, 2.24) is 10.3 Å². The first-order valence-corrected chi connectivity index (χ1v) is 11.2. The Morgan fingerprint density at radius 3 is 2.37 bits per heavy atom. The molecule has 0 spiro atoms. The summed E-state index contributed by atoms with van der Waals surface area (Å²) in [5.41, 5.74) is 1.51. The van der Waals surface area contributed by atoms with Gasteiger partial charge in [0.2, 0.25) is 5.88 Å². The highest BCUT2D eigenvalue weighted by atomic mass is 35.5. The summed E-state index contributed by atoms with van der Waals surface area (Å²) in [5.74, 6) is -0.170. The lowest BCUT2D eigenvalue weighted by molar-refractivity contribution is -0.114. The molecule has 0 saturated carbocycles. The molecule has 3 aromatic rings. The number of carbonyl (C=O) groups excluding carboxylic acids is 1. The predicted octanol–water partition coefficient (Wildman–Crippen LogP) is 3.66.